The van der Waals surface area contributed by atoms with Crippen LogP contribution in [0.25, 0.3) is 0 Å². The number of hydrogen-bond donors (Lipinski definition) is 0. The fourth-order valence-corrected chi connectivity index (χ4v) is 1.09. The Hall–Kier alpha value is -0.222. The van der Waals surface area contributed by atoms with Crippen molar-refractivity contribution in [2.75, 3.05) is 0 Å². The first-order chi connectivity index (χ1) is 4.30. The quantitative estimate of drug-likeness (QED) is 0.579. The topological polar surface area (TPSA) is 0 Å². The Balaban J connectivity index is 2.85. The van der Waals surface area contributed by atoms with Crippen LogP contribution >= 0.6 is 0 Å². The second-order valence-electron chi connectivity index (χ2n) is 2.09. The second-order valence-corrected chi connectivity index (χ2v) is 3.71. The minimum absolute atomic E-state index is 0.596. The van der Waals surface area contributed by atoms with Gasteiger partial charge < -0.3 is 0 Å². The molecule has 1 aromatic rings. The van der Waals surface area contributed by atoms with Crippen LogP contribution in [0.5, 0.6) is 0 Å². The van der Waals surface area contributed by atoms with Crippen molar-refractivity contribution in [3.63, 3.8) is 0 Å². The fourth-order valence-electron chi connectivity index (χ4n) is 0.732. The Morgan fingerprint density at radius 1 is 1.22 bits per heavy atom. The van der Waals surface area contributed by atoms with Gasteiger partial charge in [-0.1, -0.05) is 0 Å². The molecule has 2 radical (unpaired) electrons. The molecule has 0 aliphatic rings. The Morgan fingerprint density at radius 2 is 1.78 bits per heavy atom. The van der Waals surface area contributed by atoms with Crippen molar-refractivity contribution in [1.29, 1.82) is 0 Å². The van der Waals surface area contributed by atoms with E-state index in [0.717, 1.165) is 0 Å². The molecule has 0 heterocycles. The van der Waals surface area contributed by atoms with Crippen LogP contribution in [0, 0.1) is 0 Å². The monoisotopic (exact) mass is 180 g/mol. The summed E-state index contributed by atoms with van der Waals surface area (Å²) in [6.45, 7) is 2.18. The van der Waals surface area contributed by atoms with Gasteiger partial charge in [-0.15, -0.1) is 0 Å². The minimum atomic E-state index is 0.596. The third kappa shape index (κ3) is 1.87. The summed E-state index contributed by atoms with van der Waals surface area (Å²) >= 11 is 2.63. The Morgan fingerprint density at radius 3 is 2.11 bits per heavy atom. The van der Waals surface area contributed by atoms with E-state index in [4.69, 9.17) is 0 Å². The van der Waals surface area contributed by atoms with Gasteiger partial charge >= 0.3 is 64.4 Å². The van der Waals surface area contributed by atoms with Gasteiger partial charge in [0.05, 0.1) is 0 Å². The molecule has 0 saturated carbocycles. The second kappa shape index (κ2) is 3.08. The SMILES string of the molecule is CC([As])c1ccccc1. The molecule has 46 valence electrons. The Labute approximate surface area is 64.8 Å². The molecule has 0 fully saturated rings. The van der Waals surface area contributed by atoms with E-state index >= 15 is 0 Å². The zero-order valence-electron chi connectivity index (χ0n) is 5.41. The van der Waals surface area contributed by atoms with Gasteiger partial charge in [0.2, 0.25) is 0 Å². The van der Waals surface area contributed by atoms with Crippen molar-refractivity contribution >= 4 is 16.9 Å². The maximum atomic E-state index is 2.63. The summed E-state index contributed by atoms with van der Waals surface area (Å²) in [7, 11) is 0. The van der Waals surface area contributed by atoms with Crippen LogP contribution in [-0.2, 0) is 0 Å². The summed E-state index contributed by atoms with van der Waals surface area (Å²) in [5.41, 5.74) is 1.39. The molecule has 0 nitrogen and oxygen atoms in total. The molecule has 0 spiro atoms. The number of benzene rings is 1. The summed E-state index contributed by atoms with van der Waals surface area (Å²) in [4.78, 5) is 0. The van der Waals surface area contributed by atoms with Crippen molar-refractivity contribution in [3.8, 4) is 0 Å². The maximum absolute atomic E-state index is 2.63. The van der Waals surface area contributed by atoms with Crippen LogP contribution in [0.3, 0.4) is 0 Å². The normalized spacial score (nSPS) is 13.1. The van der Waals surface area contributed by atoms with E-state index in [9.17, 15) is 0 Å². The van der Waals surface area contributed by atoms with E-state index in [1.165, 1.54) is 5.56 Å². The van der Waals surface area contributed by atoms with Crippen molar-refractivity contribution in [2.24, 2.45) is 0 Å². The predicted octanol–water partition coefficient (Wildman–Crippen LogP) is 1.92. The van der Waals surface area contributed by atoms with Gasteiger partial charge in [0.25, 0.3) is 0 Å². The average molecular weight is 180 g/mol. The molecular weight excluding hydrogens is 171 g/mol. The first-order valence-electron chi connectivity index (χ1n) is 3.03. The van der Waals surface area contributed by atoms with Gasteiger partial charge in [0, 0.05) is 0 Å². The third-order valence-electron chi connectivity index (χ3n) is 1.28. The molecule has 0 bridgehead atoms. The van der Waals surface area contributed by atoms with E-state index in [2.05, 4.69) is 48.0 Å². The molecule has 0 saturated heterocycles. The summed E-state index contributed by atoms with van der Waals surface area (Å²) < 4.78 is 0.596. The van der Waals surface area contributed by atoms with E-state index < -0.39 is 0 Å². The molecule has 1 unspecified atom stereocenters. The van der Waals surface area contributed by atoms with Crippen molar-refractivity contribution in [3.05, 3.63) is 35.9 Å². The Bertz CT molecular complexity index is 167. The van der Waals surface area contributed by atoms with Gasteiger partial charge in [-0.25, -0.2) is 0 Å². The van der Waals surface area contributed by atoms with Crippen LogP contribution in [0.2, 0.25) is 0 Å². The van der Waals surface area contributed by atoms with Crippen LogP contribution < -0.4 is 0 Å². The molecule has 0 aliphatic carbocycles. The standard InChI is InChI=1S/C8H9As/c1-7(9)8-5-3-2-4-6-8/h2-7H,1H3. The molecule has 1 atom stereocenters. The zero-order valence-corrected chi connectivity index (χ0v) is 7.29. The summed E-state index contributed by atoms with van der Waals surface area (Å²) in [6.07, 6.45) is 0. The van der Waals surface area contributed by atoms with Crippen LogP contribution in [0.15, 0.2) is 30.3 Å². The molecular formula is C8H9As. The molecule has 0 aromatic heterocycles. The van der Waals surface area contributed by atoms with Gasteiger partial charge in [0.15, 0.2) is 0 Å². The molecule has 9 heavy (non-hydrogen) atoms. The van der Waals surface area contributed by atoms with Gasteiger partial charge in [-0.05, 0) is 0 Å². The van der Waals surface area contributed by atoms with Crippen molar-refractivity contribution in [1.82, 2.24) is 0 Å². The average Bonchev–Trinajstić information content (AvgIpc) is 1.90. The predicted molar refractivity (Wildman–Crippen MR) is 40.6 cm³/mol. The molecule has 1 rings (SSSR count). The third-order valence-corrected chi connectivity index (χ3v) is 1.91. The Kier molecular flexibility index (Phi) is 2.36. The summed E-state index contributed by atoms with van der Waals surface area (Å²) in [6, 6.07) is 10.5. The van der Waals surface area contributed by atoms with E-state index in [1.807, 2.05) is 6.07 Å². The number of hydrogen-bond acceptors (Lipinski definition) is 0. The first-order valence-corrected chi connectivity index (χ1v) is 4.12. The molecule has 1 heteroatoms. The van der Waals surface area contributed by atoms with E-state index in [0.29, 0.717) is 4.71 Å². The zero-order chi connectivity index (χ0) is 6.69. The van der Waals surface area contributed by atoms with Gasteiger partial charge in [-0.2, -0.15) is 0 Å². The number of rotatable bonds is 1. The first kappa shape index (κ1) is 6.89. The molecule has 0 aliphatic heterocycles. The van der Waals surface area contributed by atoms with E-state index in [-0.39, 0.29) is 0 Å². The molecule has 0 N–H and O–H groups in total. The van der Waals surface area contributed by atoms with Crippen LogP contribution in [0.1, 0.15) is 17.2 Å². The summed E-state index contributed by atoms with van der Waals surface area (Å²) in [5.74, 6) is 0. The summed E-state index contributed by atoms with van der Waals surface area (Å²) in [5, 5.41) is 0. The molecule has 1 aromatic carbocycles. The van der Waals surface area contributed by atoms with E-state index in [1.54, 1.807) is 0 Å². The van der Waals surface area contributed by atoms with Crippen LogP contribution in [0.4, 0.5) is 0 Å². The van der Waals surface area contributed by atoms with Crippen molar-refractivity contribution < 1.29 is 0 Å². The van der Waals surface area contributed by atoms with Crippen LogP contribution in [-0.4, -0.2) is 16.9 Å². The van der Waals surface area contributed by atoms with Gasteiger partial charge in [-0.3, -0.25) is 0 Å². The van der Waals surface area contributed by atoms with Gasteiger partial charge in [0.1, 0.15) is 0 Å². The van der Waals surface area contributed by atoms with Crippen molar-refractivity contribution in [2.45, 2.75) is 11.6 Å². The molecule has 0 amide bonds. The fraction of sp³-hybridized carbons (Fsp3) is 0.250.